The molecule has 3 aliphatic rings. The lowest BCUT2D eigenvalue weighted by molar-refractivity contribution is -0.137. The fourth-order valence-corrected chi connectivity index (χ4v) is 4.33. The summed E-state index contributed by atoms with van der Waals surface area (Å²) in [6, 6.07) is 1.68. The Morgan fingerprint density at radius 2 is 1.96 bits per heavy atom. The van der Waals surface area contributed by atoms with Crippen molar-refractivity contribution in [1.29, 1.82) is 5.26 Å². The first-order valence-corrected chi connectivity index (χ1v) is 8.79. The second-order valence-corrected chi connectivity index (χ2v) is 7.39. The lowest BCUT2D eigenvalue weighted by Crippen LogP contribution is -2.54. The highest BCUT2D eigenvalue weighted by atomic mass is 16.2. The average molecular weight is 332 g/mol. The molecule has 1 aliphatic heterocycles. The zero-order valence-electron chi connectivity index (χ0n) is 14.1. The number of hydrogen-bond acceptors (Lipinski definition) is 4. The molecule has 1 saturated heterocycles. The third kappa shape index (κ3) is 2.64. The van der Waals surface area contributed by atoms with Gasteiger partial charge in [0.1, 0.15) is 17.6 Å². The standard InChI is InChI=1S/C17H24N4O3/c1-12-6-2-3-9-17(12)14(23)21(15(24)20-17)10-13(22)19-16(11-18)7-4-5-8-16/h12H,2-10H2,1H3,(H,19,22)(H,20,24)/t12-,17+/m1/s1. The van der Waals surface area contributed by atoms with Gasteiger partial charge in [0.25, 0.3) is 5.91 Å². The molecule has 1 heterocycles. The van der Waals surface area contributed by atoms with Crippen LogP contribution in [0.25, 0.3) is 0 Å². The molecule has 7 nitrogen and oxygen atoms in total. The molecule has 130 valence electrons. The van der Waals surface area contributed by atoms with Crippen LogP contribution in [0.3, 0.4) is 0 Å². The number of urea groups is 1. The minimum atomic E-state index is -0.851. The average Bonchev–Trinajstić information content (AvgIpc) is 3.10. The molecule has 0 aromatic carbocycles. The Morgan fingerprint density at radius 3 is 2.58 bits per heavy atom. The topological polar surface area (TPSA) is 102 Å². The van der Waals surface area contributed by atoms with Crippen LogP contribution in [0.2, 0.25) is 0 Å². The fourth-order valence-electron chi connectivity index (χ4n) is 4.33. The van der Waals surface area contributed by atoms with Gasteiger partial charge in [-0.1, -0.05) is 19.8 Å². The summed E-state index contributed by atoms with van der Waals surface area (Å²) in [5, 5.41) is 14.9. The third-order valence-electron chi connectivity index (χ3n) is 5.85. The quantitative estimate of drug-likeness (QED) is 0.763. The van der Waals surface area contributed by atoms with E-state index < -0.39 is 23.0 Å². The summed E-state index contributed by atoms with van der Waals surface area (Å²) in [7, 11) is 0. The SMILES string of the molecule is C[C@@H]1CCCC[C@]12NC(=O)N(CC(=O)NC1(C#N)CCCC1)C2=O. The van der Waals surface area contributed by atoms with Gasteiger partial charge in [0.2, 0.25) is 5.91 Å². The first-order chi connectivity index (χ1) is 11.4. The van der Waals surface area contributed by atoms with Crippen LogP contribution in [0.5, 0.6) is 0 Å². The van der Waals surface area contributed by atoms with E-state index in [1.54, 1.807) is 0 Å². The van der Waals surface area contributed by atoms with Crippen molar-refractivity contribution in [3.05, 3.63) is 0 Å². The van der Waals surface area contributed by atoms with Gasteiger partial charge in [-0.15, -0.1) is 0 Å². The summed E-state index contributed by atoms with van der Waals surface area (Å²) in [5.74, 6) is -0.675. The van der Waals surface area contributed by atoms with Crippen LogP contribution in [0, 0.1) is 17.2 Å². The van der Waals surface area contributed by atoms with E-state index in [4.69, 9.17) is 0 Å². The van der Waals surface area contributed by atoms with Gasteiger partial charge in [-0.3, -0.25) is 14.5 Å². The van der Waals surface area contributed by atoms with E-state index in [9.17, 15) is 19.6 Å². The van der Waals surface area contributed by atoms with Crippen molar-refractivity contribution in [3.8, 4) is 6.07 Å². The van der Waals surface area contributed by atoms with E-state index in [1.807, 2.05) is 6.92 Å². The molecule has 4 amide bonds. The van der Waals surface area contributed by atoms with Gasteiger partial charge in [0, 0.05) is 0 Å². The highest BCUT2D eigenvalue weighted by molar-refractivity contribution is 6.09. The van der Waals surface area contributed by atoms with Crippen molar-refractivity contribution in [3.63, 3.8) is 0 Å². The van der Waals surface area contributed by atoms with Crippen molar-refractivity contribution in [2.75, 3.05) is 6.54 Å². The van der Waals surface area contributed by atoms with Crippen LogP contribution >= 0.6 is 0 Å². The van der Waals surface area contributed by atoms with Crippen molar-refractivity contribution >= 4 is 17.8 Å². The number of carbonyl (C=O) groups is 3. The van der Waals surface area contributed by atoms with E-state index >= 15 is 0 Å². The molecule has 2 saturated carbocycles. The molecular weight excluding hydrogens is 308 g/mol. The minimum absolute atomic E-state index is 0.0658. The Kier molecular flexibility index (Phi) is 4.24. The van der Waals surface area contributed by atoms with Crippen molar-refractivity contribution in [2.45, 2.75) is 69.4 Å². The van der Waals surface area contributed by atoms with Crippen molar-refractivity contribution < 1.29 is 14.4 Å². The zero-order valence-corrected chi connectivity index (χ0v) is 14.1. The summed E-state index contributed by atoms with van der Waals surface area (Å²) in [4.78, 5) is 38.4. The van der Waals surface area contributed by atoms with Gasteiger partial charge in [-0.2, -0.15) is 5.26 Å². The summed E-state index contributed by atoms with van der Waals surface area (Å²) in [5.41, 5.74) is -1.69. The second-order valence-electron chi connectivity index (χ2n) is 7.39. The van der Waals surface area contributed by atoms with Crippen LogP contribution in [0.1, 0.15) is 58.3 Å². The molecular formula is C17H24N4O3. The number of carbonyl (C=O) groups excluding carboxylic acids is 3. The summed E-state index contributed by atoms with van der Waals surface area (Å²) in [6.07, 6.45) is 6.51. The maximum absolute atomic E-state index is 12.8. The van der Waals surface area contributed by atoms with Gasteiger partial charge in [0.05, 0.1) is 6.07 Å². The number of rotatable bonds is 3. The zero-order chi connectivity index (χ0) is 17.4. The number of hydrogen-bond donors (Lipinski definition) is 2. The van der Waals surface area contributed by atoms with Crippen LogP contribution < -0.4 is 10.6 Å². The Bertz CT molecular complexity index is 605. The summed E-state index contributed by atoms with van der Waals surface area (Å²) in [6.45, 7) is 1.66. The van der Waals surface area contributed by atoms with Crippen LogP contribution in [0.4, 0.5) is 4.79 Å². The third-order valence-corrected chi connectivity index (χ3v) is 5.85. The minimum Gasteiger partial charge on any atom is -0.336 e. The van der Waals surface area contributed by atoms with Gasteiger partial charge in [-0.05, 0) is 44.4 Å². The molecule has 7 heteroatoms. The van der Waals surface area contributed by atoms with Crippen LogP contribution in [-0.4, -0.2) is 40.4 Å². The molecule has 3 fully saturated rings. The number of nitriles is 1. The predicted octanol–water partition coefficient (Wildman–Crippen LogP) is 1.44. The highest BCUT2D eigenvalue weighted by Crippen LogP contribution is 2.38. The summed E-state index contributed by atoms with van der Waals surface area (Å²) >= 11 is 0. The molecule has 0 unspecified atom stereocenters. The predicted molar refractivity (Wildman–Crippen MR) is 85.6 cm³/mol. The Balaban J connectivity index is 1.69. The van der Waals surface area contributed by atoms with Gasteiger partial charge in [0.15, 0.2) is 0 Å². The largest absolute Gasteiger partial charge is 0.336 e. The first kappa shape index (κ1) is 16.7. The maximum Gasteiger partial charge on any atom is 0.325 e. The van der Waals surface area contributed by atoms with Gasteiger partial charge in [-0.25, -0.2) is 4.79 Å². The van der Waals surface area contributed by atoms with Crippen LogP contribution in [0.15, 0.2) is 0 Å². The highest BCUT2D eigenvalue weighted by Gasteiger charge is 2.55. The number of imide groups is 1. The van der Waals surface area contributed by atoms with Crippen molar-refractivity contribution in [1.82, 2.24) is 15.5 Å². The van der Waals surface area contributed by atoms with E-state index in [-0.39, 0.29) is 18.4 Å². The first-order valence-electron chi connectivity index (χ1n) is 8.79. The molecule has 0 aromatic rings. The molecule has 0 aromatic heterocycles. The van der Waals surface area contributed by atoms with Crippen LogP contribution in [-0.2, 0) is 9.59 Å². The van der Waals surface area contributed by atoms with E-state index in [2.05, 4.69) is 16.7 Å². The number of amides is 4. The molecule has 1 spiro atoms. The lowest BCUT2D eigenvalue weighted by atomic mass is 9.73. The number of nitrogens with one attached hydrogen (secondary N) is 2. The Hall–Kier alpha value is -2.10. The Morgan fingerprint density at radius 1 is 1.29 bits per heavy atom. The second kappa shape index (κ2) is 6.08. The molecule has 24 heavy (non-hydrogen) atoms. The lowest BCUT2D eigenvalue weighted by Gasteiger charge is -2.36. The summed E-state index contributed by atoms with van der Waals surface area (Å²) < 4.78 is 0. The maximum atomic E-state index is 12.8. The van der Waals surface area contributed by atoms with Gasteiger partial charge >= 0.3 is 6.03 Å². The van der Waals surface area contributed by atoms with E-state index in [0.717, 1.165) is 37.0 Å². The van der Waals surface area contributed by atoms with Gasteiger partial charge < -0.3 is 10.6 Å². The smallest absolute Gasteiger partial charge is 0.325 e. The molecule has 0 bridgehead atoms. The monoisotopic (exact) mass is 332 g/mol. The Labute approximate surface area is 141 Å². The molecule has 2 atom stereocenters. The van der Waals surface area contributed by atoms with Crippen molar-refractivity contribution in [2.24, 2.45) is 5.92 Å². The molecule has 2 aliphatic carbocycles. The number of nitrogens with zero attached hydrogens (tertiary/aromatic N) is 2. The molecule has 2 N–H and O–H groups in total. The normalized spacial score (nSPS) is 31.8. The van der Waals surface area contributed by atoms with E-state index in [0.29, 0.717) is 19.3 Å². The van der Waals surface area contributed by atoms with E-state index in [1.165, 1.54) is 0 Å². The fraction of sp³-hybridized carbons (Fsp3) is 0.765. The molecule has 3 rings (SSSR count). The molecule has 0 radical (unpaired) electrons.